The van der Waals surface area contributed by atoms with Gasteiger partial charge in [0.2, 0.25) is 5.06 Å². The normalized spacial score (nSPS) is 16.9. The predicted molar refractivity (Wildman–Crippen MR) is 101 cm³/mol. The Kier molecular flexibility index (Phi) is 5.82. The number of aromatic nitrogens is 1. The van der Waals surface area contributed by atoms with Gasteiger partial charge in [-0.15, -0.1) is 0 Å². The molecule has 144 valence electrons. The van der Waals surface area contributed by atoms with Crippen LogP contribution in [0.3, 0.4) is 0 Å². The molecule has 1 aromatic heterocycles. The molecule has 6 N–H and O–H groups in total. The first-order chi connectivity index (χ1) is 13.0. The molecule has 1 aliphatic rings. The minimum atomic E-state index is -0.970. The van der Waals surface area contributed by atoms with Crippen LogP contribution in [-0.2, 0) is 4.79 Å². The second-order valence-electron chi connectivity index (χ2n) is 5.54. The van der Waals surface area contributed by atoms with Crippen LogP contribution in [0.5, 0.6) is 5.06 Å². The lowest BCUT2D eigenvalue weighted by Crippen LogP contribution is -2.32. The SMILES string of the molecule is NCCCOc1sncc1N1C(C(N)=O)=C(N)SC1c1c(F)cccc1F. The number of hydrogen-bond acceptors (Lipinski definition) is 8. The van der Waals surface area contributed by atoms with E-state index in [-0.39, 0.29) is 16.3 Å². The maximum Gasteiger partial charge on any atom is 0.268 e. The summed E-state index contributed by atoms with van der Waals surface area (Å²) in [6.07, 6.45) is 2.05. The zero-order valence-corrected chi connectivity index (χ0v) is 15.7. The number of halogens is 2. The van der Waals surface area contributed by atoms with Crippen molar-refractivity contribution in [3.63, 3.8) is 0 Å². The van der Waals surface area contributed by atoms with Gasteiger partial charge in [-0.3, -0.25) is 4.79 Å². The summed E-state index contributed by atoms with van der Waals surface area (Å²) in [4.78, 5) is 13.4. The molecule has 0 saturated carbocycles. The molecule has 1 unspecified atom stereocenters. The van der Waals surface area contributed by atoms with Crippen molar-refractivity contribution in [2.45, 2.75) is 11.8 Å². The van der Waals surface area contributed by atoms with Gasteiger partial charge in [0.05, 0.1) is 23.4 Å². The number of carbonyl (C=O) groups excluding carboxylic acids is 1. The molecule has 27 heavy (non-hydrogen) atoms. The Morgan fingerprint density at radius 2 is 2.04 bits per heavy atom. The van der Waals surface area contributed by atoms with E-state index in [0.29, 0.717) is 30.3 Å². The van der Waals surface area contributed by atoms with Crippen LogP contribution in [0, 0.1) is 11.6 Å². The summed E-state index contributed by atoms with van der Waals surface area (Å²) in [5, 5.41) is -0.532. The number of primary amides is 1. The standard InChI is InChI=1S/C16H17F2N5O2S2/c17-8-3-1-4-9(18)11(8)15-23(12(13(20)24)14(21)26-15)10-7-22-27-16(10)25-6-2-5-19/h1,3-4,7,15H,2,5-6,19,21H2,(H2,20,24). The van der Waals surface area contributed by atoms with Gasteiger partial charge in [-0.25, -0.2) is 8.78 Å². The Balaban J connectivity index is 2.07. The van der Waals surface area contributed by atoms with Crippen LogP contribution in [0.1, 0.15) is 17.4 Å². The Morgan fingerprint density at radius 1 is 1.33 bits per heavy atom. The number of rotatable bonds is 7. The van der Waals surface area contributed by atoms with Gasteiger partial charge in [0.15, 0.2) is 0 Å². The molecule has 1 amide bonds. The van der Waals surface area contributed by atoms with E-state index in [2.05, 4.69) is 4.37 Å². The zero-order valence-electron chi connectivity index (χ0n) is 14.0. The molecule has 3 rings (SSSR count). The molecular formula is C16H17F2N5O2S2. The first-order valence-electron chi connectivity index (χ1n) is 7.92. The van der Waals surface area contributed by atoms with E-state index in [9.17, 15) is 13.6 Å². The van der Waals surface area contributed by atoms with E-state index < -0.39 is 22.9 Å². The number of hydrogen-bond donors (Lipinski definition) is 3. The molecule has 7 nitrogen and oxygen atoms in total. The van der Waals surface area contributed by atoms with Crippen molar-refractivity contribution in [3.8, 4) is 5.06 Å². The van der Waals surface area contributed by atoms with Gasteiger partial charge >= 0.3 is 0 Å². The fourth-order valence-corrected chi connectivity index (χ4v) is 4.47. The van der Waals surface area contributed by atoms with E-state index in [1.807, 2.05) is 0 Å². The minimum Gasteiger partial charge on any atom is -0.481 e. The van der Waals surface area contributed by atoms with Crippen LogP contribution in [0.25, 0.3) is 0 Å². The number of benzene rings is 1. The Labute approximate surface area is 162 Å². The Hall–Kier alpha value is -2.37. The van der Waals surface area contributed by atoms with Crippen LogP contribution in [0.2, 0.25) is 0 Å². The molecule has 1 aliphatic heterocycles. The summed E-state index contributed by atoms with van der Waals surface area (Å²) < 4.78 is 38.5. The summed E-state index contributed by atoms with van der Waals surface area (Å²) in [5.41, 5.74) is 17.0. The number of anilines is 1. The molecule has 1 atom stereocenters. The first kappa shape index (κ1) is 19.4. The molecular weight excluding hydrogens is 396 g/mol. The maximum atomic E-state index is 14.4. The second kappa shape index (κ2) is 8.11. The van der Waals surface area contributed by atoms with Gasteiger partial charge in [-0.1, -0.05) is 17.8 Å². The number of ether oxygens (including phenoxy) is 1. The van der Waals surface area contributed by atoms with Crippen molar-refractivity contribution in [2.24, 2.45) is 17.2 Å². The van der Waals surface area contributed by atoms with Crippen molar-refractivity contribution < 1.29 is 18.3 Å². The van der Waals surface area contributed by atoms with Crippen molar-refractivity contribution in [1.29, 1.82) is 0 Å². The highest BCUT2D eigenvalue weighted by Gasteiger charge is 2.41. The van der Waals surface area contributed by atoms with Gasteiger partial charge < -0.3 is 26.8 Å². The van der Waals surface area contributed by atoms with Crippen LogP contribution in [0.15, 0.2) is 35.1 Å². The minimum absolute atomic E-state index is 0.0588. The maximum absolute atomic E-state index is 14.4. The average Bonchev–Trinajstić information content (AvgIpc) is 3.19. The van der Waals surface area contributed by atoms with Crippen molar-refractivity contribution in [1.82, 2.24) is 4.37 Å². The number of amides is 1. The average molecular weight is 413 g/mol. The number of carbonyl (C=O) groups is 1. The summed E-state index contributed by atoms with van der Waals surface area (Å²) >= 11 is 1.97. The van der Waals surface area contributed by atoms with Crippen LogP contribution in [0.4, 0.5) is 14.5 Å². The molecule has 1 aromatic carbocycles. The van der Waals surface area contributed by atoms with Gasteiger partial charge in [-0.2, -0.15) is 4.37 Å². The lowest BCUT2D eigenvalue weighted by Gasteiger charge is -2.27. The van der Waals surface area contributed by atoms with E-state index in [4.69, 9.17) is 21.9 Å². The van der Waals surface area contributed by atoms with Gasteiger partial charge in [-0.05, 0) is 25.1 Å². The smallest absolute Gasteiger partial charge is 0.268 e. The third-order valence-corrected chi connectivity index (χ3v) is 5.61. The largest absolute Gasteiger partial charge is 0.481 e. The zero-order chi connectivity index (χ0) is 19.6. The van der Waals surface area contributed by atoms with E-state index in [1.54, 1.807) is 0 Å². The number of thioether (sulfide) groups is 1. The fraction of sp³-hybridized carbons (Fsp3) is 0.250. The molecule has 0 bridgehead atoms. The molecule has 0 radical (unpaired) electrons. The summed E-state index contributed by atoms with van der Waals surface area (Å²) in [5.74, 6) is -2.34. The molecule has 0 aliphatic carbocycles. The molecule has 0 saturated heterocycles. The first-order valence-corrected chi connectivity index (χ1v) is 9.58. The molecule has 0 fully saturated rings. The predicted octanol–water partition coefficient (Wildman–Crippen LogP) is 2.01. The van der Waals surface area contributed by atoms with Crippen molar-refractivity contribution in [3.05, 3.63) is 52.3 Å². The van der Waals surface area contributed by atoms with Gasteiger partial charge in [0.1, 0.15) is 28.4 Å². The summed E-state index contributed by atoms with van der Waals surface area (Å²) in [6, 6.07) is 3.54. The molecule has 0 spiro atoms. The third-order valence-electron chi connectivity index (χ3n) is 3.79. The Bertz CT molecular complexity index is 869. The number of nitrogens with two attached hydrogens (primary N) is 3. The van der Waals surface area contributed by atoms with Crippen molar-refractivity contribution in [2.75, 3.05) is 18.1 Å². The lowest BCUT2D eigenvalue weighted by molar-refractivity contribution is -0.114. The van der Waals surface area contributed by atoms with Gasteiger partial charge in [0.25, 0.3) is 5.91 Å². The van der Waals surface area contributed by atoms with E-state index in [0.717, 1.165) is 35.4 Å². The van der Waals surface area contributed by atoms with E-state index in [1.165, 1.54) is 17.2 Å². The number of nitrogens with zero attached hydrogens (tertiary/aromatic N) is 2. The fourth-order valence-electron chi connectivity index (χ4n) is 2.62. The molecule has 11 heteroatoms. The molecule has 2 aromatic rings. The topological polar surface area (TPSA) is 120 Å². The lowest BCUT2D eigenvalue weighted by atomic mass is 10.1. The highest BCUT2D eigenvalue weighted by Crippen LogP contribution is 2.51. The highest BCUT2D eigenvalue weighted by atomic mass is 32.2. The van der Waals surface area contributed by atoms with Crippen LogP contribution < -0.4 is 26.8 Å². The van der Waals surface area contributed by atoms with Gasteiger partial charge in [0, 0.05) is 11.5 Å². The summed E-state index contributed by atoms with van der Waals surface area (Å²) in [7, 11) is 0. The third kappa shape index (κ3) is 3.70. The molecule has 2 heterocycles. The van der Waals surface area contributed by atoms with E-state index >= 15 is 0 Å². The van der Waals surface area contributed by atoms with Crippen LogP contribution in [-0.4, -0.2) is 23.4 Å². The quantitative estimate of drug-likeness (QED) is 0.594. The van der Waals surface area contributed by atoms with Crippen molar-refractivity contribution >= 4 is 34.9 Å². The summed E-state index contributed by atoms with van der Waals surface area (Å²) in [6.45, 7) is 0.770. The van der Waals surface area contributed by atoms with Crippen LogP contribution >= 0.6 is 23.3 Å². The monoisotopic (exact) mass is 413 g/mol. The highest BCUT2D eigenvalue weighted by molar-refractivity contribution is 8.03. The second-order valence-corrected chi connectivity index (χ2v) is 7.43. The Morgan fingerprint density at radius 3 is 2.67 bits per heavy atom.